The van der Waals surface area contributed by atoms with Crippen molar-refractivity contribution in [3.63, 3.8) is 0 Å². The maximum absolute atomic E-state index is 12.5. The monoisotopic (exact) mass is 516 g/mol. The molecule has 0 unspecified atom stereocenters. The smallest absolute Gasteiger partial charge is 0.243 e. The minimum Gasteiger partial charge on any atom is -0.370 e. The quantitative estimate of drug-likeness (QED) is 0.347. The Kier molecular flexibility index (Phi) is 8.90. The van der Waals surface area contributed by atoms with E-state index in [1.165, 1.54) is 15.4 Å². The molecule has 2 aromatic carbocycles. The first-order valence-electron chi connectivity index (χ1n) is 8.82. The van der Waals surface area contributed by atoms with E-state index in [9.17, 15) is 8.42 Å². The highest BCUT2D eigenvalue weighted by Gasteiger charge is 2.22. The van der Waals surface area contributed by atoms with Crippen LogP contribution in [0.25, 0.3) is 0 Å². The van der Waals surface area contributed by atoms with Crippen molar-refractivity contribution in [3.05, 3.63) is 59.2 Å². The number of sulfonamides is 1. The summed E-state index contributed by atoms with van der Waals surface area (Å²) in [5.74, 6) is 0.314. The van der Waals surface area contributed by atoms with Crippen LogP contribution in [0.15, 0.2) is 52.4 Å². The second kappa shape index (κ2) is 10.2. The lowest BCUT2D eigenvalue weighted by Crippen LogP contribution is -2.33. The summed E-state index contributed by atoms with van der Waals surface area (Å²) < 4.78 is 26.3. The van der Waals surface area contributed by atoms with Gasteiger partial charge in [-0.05, 0) is 68.7 Å². The highest BCUT2D eigenvalue weighted by molar-refractivity contribution is 14.0. The van der Waals surface area contributed by atoms with Crippen molar-refractivity contribution in [3.8, 4) is 0 Å². The summed E-state index contributed by atoms with van der Waals surface area (Å²) in [7, 11) is -1.89. The predicted octanol–water partition coefficient (Wildman–Crippen LogP) is 3.88. The van der Waals surface area contributed by atoms with Crippen molar-refractivity contribution >= 4 is 45.6 Å². The summed E-state index contributed by atoms with van der Waals surface area (Å²) in [4.78, 5) is 4.59. The number of anilines is 1. The van der Waals surface area contributed by atoms with Gasteiger partial charge in [0.05, 0.1) is 11.4 Å². The Balaban J connectivity index is 0.00000392. The van der Waals surface area contributed by atoms with Gasteiger partial charge in [-0.25, -0.2) is 13.4 Å². The minimum atomic E-state index is -3.47. The number of aryl methyl sites for hydroxylation is 2. The molecule has 0 saturated heterocycles. The van der Waals surface area contributed by atoms with Crippen LogP contribution in [0, 0.1) is 13.8 Å². The third-order valence-corrected chi connectivity index (χ3v) is 6.59. The van der Waals surface area contributed by atoms with Gasteiger partial charge in [0, 0.05) is 18.8 Å². The Bertz CT molecular complexity index is 926. The summed E-state index contributed by atoms with van der Waals surface area (Å²) in [5, 5.41) is 3.07. The van der Waals surface area contributed by atoms with E-state index in [4.69, 9.17) is 5.73 Å². The molecule has 2 rings (SSSR count). The van der Waals surface area contributed by atoms with Crippen LogP contribution in [0.2, 0.25) is 0 Å². The van der Waals surface area contributed by atoms with Crippen LogP contribution in [-0.2, 0) is 16.6 Å². The number of guanidine groups is 1. The molecule has 2 aromatic rings. The number of hydrogen-bond donors (Lipinski definition) is 2. The minimum absolute atomic E-state index is 0. The molecule has 0 atom stereocenters. The molecule has 0 spiro atoms. The lowest BCUT2D eigenvalue weighted by Gasteiger charge is -2.21. The first kappa shape index (κ1) is 24.4. The Morgan fingerprint density at radius 3 is 2.25 bits per heavy atom. The summed E-state index contributed by atoms with van der Waals surface area (Å²) in [5.41, 5.74) is 10.1. The number of aliphatic imine (C=N–C) groups is 1. The number of nitrogens with one attached hydrogen (secondary N) is 1. The number of rotatable bonds is 6. The molecule has 0 saturated carbocycles. The molecule has 8 heteroatoms. The molecule has 0 aliphatic carbocycles. The maximum Gasteiger partial charge on any atom is 0.243 e. The molecule has 0 aromatic heterocycles. The summed E-state index contributed by atoms with van der Waals surface area (Å²) in [6.07, 6.45) is 0. The topological polar surface area (TPSA) is 87.8 Å². The second-order valence-electron chi connectivity index (χ2n) is 6.88. The molecule has 0 aliphatic rings. The van der Waals surface area contributed by atoms with Gasteiger partial charge in [-0.2, -0.15) is 4.31 Å². The highest BCUT2D eigenvalue weighted by atomic mass is 127. The van der Waals surface area contributed by atoms with E-state index in [0.717, 1.165) is 11.3 Å². The van der Waals surface area contributed by atoms with Gasteiger partial charge in [0.1, 0.15) is 0 Å². The molecule has 0 aliphatic heterocycles. The van der Waals surface area contributed by atoms with Gasteiger partial charge in [-0.3, -0.25) is 0 Å². The Hall–Kier alpha value is -1.65. The molecule has 0 amide bonds. The summed E-state index contributed by atoms with van der Waals surface area (Å²) in [6.45, 7) is 8.14. The van der Waals surface area contributed by atoms with Gasteiger partial charge < -0.3 is 11.1 Å². The van der Waals surface area contributed by atoms with Crippen LogP contribution < -0.4 is 11.1 Å². The van der Waals surface area contributed by atoms with E-state index in [1.54, 1.807) is 31.3 Å². The van der Waals surface area contributed by atoms with E-state index in [0.29, 0.717) is 12.5 Å². The second-order valence-corrected chi connectivity index (χ2v) is 8.88. The lowest BCUT2D eigenvalue weighted by atomic mass is 10.1. The molecule has 0 heterocycles. The molecule has 0 radical (unpaired) electrons. The Labute approximate surface area is 185 Å². The SMILES string of the molecule is Cc1ccc(NC(N)=NCc2ccc(S(=O)(=O)N(C)C(C)C)cc2)cc1C.I. The third kappa shape index (κ3) is 6.18. The molecular formula is C20H29IN4O2S. The average molecular weight is 516 g/mol. The van der Waals surface area contributed by atoms with E-state index >= 15 is 0 Å². The highest BCUT2D eigenvalue weighted by Crippen LogP contribution is 2.18. The van der Waals surface area contributed by atoms with E-state index in [-0.39, 0.29) is 34.9 Å². The maximum atomic E-state index is 12.5. The molecule has 0 fully saturated rings. The van der Waals surface area contributed by atoms with Crippen molar-refractivity contribution in [1.82, 2.24) is 4.31 Å². The van der Waals surface area contributed by atoms with Crippen LogP contribution in [0.3, 0.4) is 0 Å². The fourth-order valence-corrected chi connectivity index (χ4v) is 3.76. The van der Waals surface area contributed by atoms with E-state index < -0.39 is 10.0 Å². The molecule has 3 N–H and O–H groups in total. The number of nitrogens with zero attached hydrogens (tertiary/aromatic N) is 2. The fourth-order valence-electron chi connectivity index (χ4n) is 2.39. The fraction of sp³-hybridized carbons (Fsp3) is 0.350. The van der Waals surface area contributed by atoms with Crippen molar-refractivity contribution in [2.75, 3.05) is 12.4 Å². The number of benzene rings is 2. The molecule has 0 bridgehead atoms. The van der Waals surface area contributed by atoms with E-state index in [2.05, 4.69) is 17.2 Å². The van der Waals surface area contributed by atoms with Gasteiger partial charge in [-0.1, -0.05) is 18.2 Å². The zero-order valence-electron chi connectivity index (χ0n) is 16.9. The van der Waals surface area contributed by atoms with Crippen molar-refractivity contribution in [1.29, 1.82) is 0 Å². The number of halogens is 1. The van der Waals surface area contributed by atoms with E-state index in [1.807, 2.05) is 39.0 Å². The number of nitrogens with two attached hydrogens (primary N) is 1. The van der Waals surface area contributed by atoms with Gasteiger partial charge in [0.25, 0.3) is 0 Å². The average Bonchev–Trinajstić information content (AvgIpc) is 2.62. The largest absolute Gasteiger partial charge is 0.370 e. The zero-order chi connectivity index (χ0) is 20.2. The first-order valence-corrected chi connectivity index (χ1v) is 10.3. The standard InChI is InChI=1S/C20H28N4O2S.HI/c1-14(2)24(5)27(25,26)19-10-7-17(8-11-19)13-22-20(21)23-18-9-6-15(3)16(4)12-18;/h6-12,14H,13H2,1-5H3,(H3,21,22,23);1H. The predicted molar refractivity (Wildman–Crippen MR) is 127 cm³/mol. The van der Waals surface area contributed by atoms with Crippen LogP contribution in [0.5, 0.6) is 0 Å². The Morgan fingerprint density at radius 2 is 1.71 bits per heavy atom. The zero-order valence-corrected chi connectivity index (χ0v) is 20.1. The van der Waals surface area contributed by atoms with Crippen LogP contribution in [-0.4, -0.2) is 31.8 Å². The Morgan fingerprint density at radius 1 is 1.11 bits per heavy atom. The third-order valence-electron chi connectivity index (χ3n) is 4.54. The molecule has 28 heavy (non-hydrogen) atoms. The van der Waals surface area contributed by atoms with Crippen LogP contribution in [0.4, 0.5) is 5.69 Å². The molecule has 154 valence electrons. The summed E-state index contributed by atoms with van der Waals surface area (Å²) >= 11 is 0. The normalized spacial score (nSPS) is 12.2. The molecule has 6 nitrogen and oxygen atoms in total. The van der Waals surface area contributed by atoms with Gasteiger partial charge in [0.2, 0.25) is 10.0 Å². The lowest BCUT2D eigenvalue weighted by molar-refractivity contribution is 0.410. The van der Waals surface area contributed by atoms with Crippen molar-refractivity contribution < 1.29 is 8.42 Å². The van der Waals surface area contributed by atoms with Gasteiger partial charge in [-0.15, -0.1) is 24.0 Å². The van der Waals surface area contributed by atoms with Gasteiger partial charge in [0.15, 0.2) is 5.96 Å². The molecular weight excluding hydrogens is 487 g/mol. The first-order chi connectivity index (χ1) is 12.6. The summed E-state index contributed by atoms with van der Waals surface area (Å²) in [6, 6.07) is 12.6. The van der Waals surface area contributed by atoms with Crippen LogP contribution >= 0.6 is 24.0 Å². The van der Waals surface area contributed by atoms with Crippen molar-refractivity contribution in [2.24, 2.45) is 10.7 Å². The van der Waals surface area contributed by atoms with Crippen LogP contribution in [0.1, 0.15) is 30.5 Å². The van der Waals surface area contributed by atoms with Gasteiger partial charge >= 0.3 is 0 Å². The number of hydrogen-bond acceptors (Lipinski definition) is 3. The van der Waals surface area contributed by atoms with Crippen molar-refractivity contribution in [2.45, 2.75) is 45.2 Å².